The van der Waals surface area contributed by atoms with Gasteiger partial charge in [-0.25, -0.2) is 0 Å². The summed E-state index contributed by atoms with van der Waals surface area (Å²) in [5.41, 5.74) is -0.405. The van der Waals surface area contributed by atoms with Gasteiger partial charge in [0.1, 0.15) is 0 Å². The molecule has 2 aliphatic rings. The van der Waals surface area contributed by atoms with Crippen LogP contribution in [0.2, 0.25) is 0 Å². The SMILES string of the molecule is O=C(O)C[C@@H]1CN(C(=O)C2(c3cccs3)CCCCC2)CCO1. The molecular formula is C17H23NO4S. The smallest absolute Gasteiger partial charge is 0.306 e. The van der Waals surface area contributed by atoms with Gasteiger partial charge in [-0.1, -0.05) is 25.3 Å². The van der Waals surface area contributed by atoms with E-state index in [1.54, 1.807) is 11.3 Å². The Morgan fingerprint density at radius 1 is 1.35 bits per heavy atom. The lowest BCUT2D eigenvalue weighted by Crippen LogP contribution is -2.53. The highest BCUT2D eigenvalue weighted by Gasteiger charge is 2.45. The topological polar surface area (TPSA) is 66.8 Å². The first-order chi connectivity index (χ1) is 11.1. The third-order valence-electron chi connectivity index (χ3n) is 4.94. The molecule has 1 aliphatic heterocycles. The highest BCUT2D eigenvalue weighted by Crippen LogP contribution is 2.43. The number of carboxylic acid groups (broad SMARTS) is 1. The Morgan fingerprint density at radius 2 is 2.13 bits per heavy atom. The maximum absolute atomic E-state index is 13.3. The summed E-state index contributed by atoms with van der Waals surface area (Å²) in [4.78, 5) is 27.2. The van der Waals surface area contributed by atoms with Gasteiger partial charge in [0.25, 0.3) is 0 Å². The molecule has 126 valence electrons. The maximum Gasteiger partial charge on any atom is 0.306 e. The normalized spacial score (nSPS) is 24.3. The number of carboxylic acids is 1. The van der Waals surface area contributed by atoms with Crippen LogP contribution in [0, 0.1) is 0 Å². The van der Waals surface area contributed by atoms with Gasteiger partial charge in [0.05, 0.1) is 24.5 Å². The molecule has 1 aromatic rings. The van der Waals surface area contributed by atoms with Gasteiger partial charge in [-0.05, 0) is 24.3 Å². The van der Waals surface area contributed by atoms with Gasteiger partial charge in [0.2, 0.25) is 5.91 Å². The highest BCUT2D eigenvalue weighted by molar-refractivity contribution is 7.10. The lowest BCUT2D eigenvalue weighted by molar-refractivity contribution is -0.151. The molecule has 0 aromatic carbocycles. The van der Waals surface area contributed by atoms with E-state index in [-0.39, 0.29) is 12.3 Å². The van der Waals surface area contributed by atoms with Crippen LogP contribution in [0.4, 0.5) is 0 Å². The van der Waals surface area contributed by atoms with Gasteiger partial charge < -0.3 is 14.7 Å². The molecule has 1 atom stereocenters. The number of carbonyl (C=O) groups is 2. The van der Waals surface area contributed by atoms with Crippen LogP contribution in [-0.2, 0) is 19.7 Å². The number of ether oxygens (including phenoxy) is 1. The molecule has 0 bridgehead atoms. The summed E-state index contributed by atoms with van der Waals surface area (Å²) >= 11 is 1.66. The Labute approximate surface area is 140 Å². The van der Waals surface area contributed by atoms with Crippen molar-refractivity contribution < 1.29 is 19.4 Å². The Bertz CT molecular complexity index is 551. The van der Waals surface area contributed by atoms with Gasteiger partial charge >= 0.3 is 5.97 Å². The summed E-state index contributed by atoms with van der Waals surface area (Å²) < 4.78 is 5.51. The quantitative estimate of drug-likeness (QED) is 0.917. The molecule has 1 aliphatic carbocycles. The molecule has 0 spiro atoms. The molecule has 23 heavy (non-hydrogen) atoms. The molecule has 1 amide bonds. The minimum absolute atomic E-state index is 0.0459. The van der Waals surface area contributed by atoms with Crippen LogP contribution >= 0.6 is 11.3 Å². The number of hydrogen-bond donors (Lipinski definition) is 1. The zero-order valence-corrected chi connectivity index (χ0v) is 14.0. The van der Waals surface area contributed by atoms with Crippen molar-refractivity contribution in [3.8, 4) is 0 Å². The molecule has 0 unspecified atom stereocenters. The molecule has 0 radical (unpaired) electrons. The fraction of sp³-hybridized carbons (Fsp3) is 0.647. The number of nitrogens with zero attached hydrogens (tertiary/aromatic N) is 1. The van der Waals surface area contributed by atoms with Crippen molar-refractivity contribution in [2.24, 2.45) is 0 Å². The number of morpholine rings is 1. The van der Waals surface area contributed by atoms with Gasteiger partial charge in [-0.15, -0.1) is 11.3 Å². The van der Waals surface area contributed by atoms with Crippen molar-refractivity contribution >= 4 is 23.2 Å². The second kappa shape index (κ2) is 7.01. The second-order valence-corrected chi connectivity index (χ2v) is 7.41. The van der Waals surface area contributed by atoms with E-state index in [1.165, 1.54) is 6.42 Å². The number of amides is 1. The first kappa shape index (κ1) is 16.5. The van der Waals surface area contributed by atoms with Crippen LogP contribution in [0.15, 0.2) is 17.5 Å². The Kier molecular flexibility index (Phi) is 5.02. The monoisotopic (exact) mass is 337 g/mol. The third-order valence-corrected chi connectivity index (χ3v) is 6.01. The van der Waals surface area contributed by atoms with Gasteiger partial charge in [0, 0.05) is 18.0 Å². The van der Waals surface area contributed by atoms with E-state index in [9.17, 15) is 9.59 Å². The van der Waals surface area contributed by atoms with Gasteiger partial charge in [-0.3, -0.25) is 9.59 Å². The van der Waals surface area contributed by atoms with Crippen molar-refractivity contribution in [2.75, 3.05) is 19.7 Å². The van der Waals surface area contributed by atoms with Crippen LogP contribution in [0.3, 0.4) is 0 Å². The lowest BCUT2D eigenvalue weighted by Gasteiger charge is -2.42. The third kappa shape index (κ3) is 3.43. The molecule has 2 fully saturated rings. The fourth-order valence-corrected chi connectivity index (χ4v) is 4.77. The van der Waals surface area contributed by atoms with E-state index >= 15 is 0 Å². The van der Waals surface area contributed by atoms with Crippen LogP contribution in [0.5, 0.6) is 0 Å². The Hall–Kier alpha value is -1.40. The predicted molar refractivity (Wildman–Crippen MR) is 87.7 cm³/mol. The van der Waals surface area contributed by atoms with E-state index in [0.29, 0.717) is 19.7 Å². The number of thiophene rings is 1. The van der Waals surface area contributed by atoms with Crippen molar-refractivity contribution in [3.05, 3.63) is 22.4 Å². The largest absolute Gasteiger partial charge is 0.481 e. The molecule has 3 rings (SSSR count). The summed E-state index contributed by atoms with van der Waals surface area (Å²) in [5.74, 6) is -0.715. The van der Waals surface area contributed by atoms with Crippen molar-refractivity contribution in [3.63, 3.8) is 0 Å². The zero-order chi connectivity index (χ0) is 16.3. The lowest BCUT2D eigenvalue weighted by atomic mass is 9.71. The maximum atomic E-state index is 13.3. The molecule has 5 nitrogen and oxygen atoms in total. The zero-order valence-electron chi connectivity index (χ0n) is 13.2. The second-order valence-electron chi connectivity index (χ2n) is 6.46. The minimum Gasteiger partial charge on any atom is -0.481 e. The average molecular weight is 337 g/mol. The summed E-state index contributed by atoms with van der Waals surface area (Å²) in [6, 6.07) is 4.08. The van der Waals surface area contributed by atoms with Crippen LogP contribution < -0.4 is 0 Å². The molecule has 1 saturated carbocycles. The van der Waals surface area contributed by atoms with Crippen LogP contribution in [-0.4, -0.2) is 47.7 Å². The number of rotatable bonds is 4. The molecular weight excluding hydrogens is 314 g/mol. The number of aliphatic carboxylic acids is 1. The van der Waals surface area contributed by atoms with E-state index < -0.39 is 17.5 Å². The van der Waals surface area contributed by atoms with Crippen molar-refractivity contribution in [2.45, 2.75) is 50.0 Å². The standard InChI is InChI=1S/C17H23NO4S/c19-15(20)11-13-12-18(8-9-22-13)16(21)17(6-2-1-3-7-17)14-5-4-10-23-14/h4-5,10,13H,1-3,6-9,11-12H2,(H,19,20)/t13-/m1/s1. The summed E-state index contributed by atoms with van der Waals surface area (Å²) in [7, 11) is 0. The van der Waals surface area contributed by atoms with Gasteiger partial charge in [0.15, 0.2) is 0 Å². The van der Waals surface area contributed by atoms with E-state index in [2.05, 4.69) is 6.07 Å². The average Bonchev–Trinajstić information content (AvgIpc) is 3.09. The van der Waals surface area contributed by atoms with Crippen molar-refractivity contribution in [1.29, 1.82) is 0 Å². The fourth-order valence-electron chi connectivity index (χ4n) is 3.80. The molecule has 2 heterocycles. The molecule has 1 saturated heterocycles. The minimum atomic E-state index is -0.880. The van der Waals surface area contributed by atoms with Crippen LogP contribution in [0.25, 0.3) is 0 Å². The first-order valence-electron chi connectivity index (χ1n) is 8.28. The van der Waals surface area contributed by atoms with Gasteiger partial charge in [-0.2, -0.15) is 0 Å². The summed E-state index contributed by atoms with van der Waals surface area (Å²) in [5, 5.41) is 11.0. The van der Waals surface area contributed by atoms with E-state index in [4.69, 9.17) is 9.84 Å². The van der Waals surface area contributed by atoms with Crippen LogP contribution in [0.1, 0.15) is 43.4 Å². The predicted octanol–water partition coefficient (Wildman–Crippen LogP) is 2.65. The Balaban J connectivity index is 1.79. The number of hydrogen-bond acceptors (Lipinski definition) is 4. The van der Waals surface area contributed by atoms with E-state index in [0.717, 1.165) is 30.6 Å². The first-order valence-corrected chi connectivity index (χ1v) is 9.16. The molecule has 1 N–H and O–H groups in total. The van der Waals surface area contributed by atoms with Crippen molar-refractivity contribution in [1.82, 2.24) is 4.90 Å². The number of carbonyl (C=O) groups excluding carboxylic acids is 1. The molecule has 1 aromatic heterocycles. The summed E-state index contributed by atoms with van der Waals surface area (Å²) in [6.07, 6.45) is 4.69. The highest BCUT2D eigenvalue weighted by atomic mass is 32.1. The van der Waals surface area contributed by atoms with E-state index in [1.807, 2.05) is 16.3 Å². The molecule has 6 heteroatoms. The summed E-state index contributed by atoms with van der Waals surface area (Å²) in [6.45, 7) is 1.37. The Morgan fingerprint density at radius 3 is 2.78 bits per heavy atom.